The summed E-state index contributed by atoms with van der Waals surface area (Å²) in [5, 5.41) is 0.779. The van der Waals surface area contributed by atoms with E-state index in [0.29, 0.717) is 6.54 Å². The zero-order valence-corrected chi connectivity index (χ0v) is 20.0. The van der Waals surface area contributed by atoms with Crippen molar-refractivity contribution in [3.05, 3.63) is 82.8 Å². The van der Waals surface area contributed by atoms with Gasteiger partial charge in [-0.2, -0.15) is 4.31 Å². The molecule has 1 atom stereocenters. The van der Waals surface area contributed by atoms with Gasteiger partial charge in [-0.1, -0.05) is 54.4 Å². The van der Waals surface area contributed by atoms with Gasteiger partial charge in [0.05, 0.1) is 6.33 Å². The van der Waals surface area contributed by atoms with Crippen molar-refractivity contribution in [2.45, 2.75) is 42.2 Å². The summed E-state index contributed by atoms with van der Waals surface area (Å²) in [5.74, 6) is 0.148. The van der Waals surface area contributed by atoms with Gasteiger partial charge >= 0.3 is 0 Å². The molecule has 1 unspecified atom stereocenters. The molecule has 0 aliphatic heterocycles. The maximum Gasteiger partial charge on any atom is 0.262 e. The highest BCUT2D eigenvalue weighted by molar-refractivity contribution is 7.89. The van der Waals surface area contributed by atoms with Crippen LogP contribution in [0.3, 0.4) is 0 Å². The summed E-state index contributed by atoms with van der Waals surface area (Å²) >= 11 is 6.12. The van der Waals surface area contributed by atoms with Gasteiger partial charge in [0.15, 0.2) is 5.03 Å². The number of hydrogen-bond donors (Lipinski definition) is 1. The zero-order valence-electron chi connectivity index (χ0n) is 18.4. The molecular formula is C24H29ClN4O2S. The average Bonchev–Trinajstić information content (AvgIpc) is 3.19. The monoisotopic (exact) mass is 472 g/mol. The fourth-order valence-corrected chi connectivity index (χ4v) is 6.03. The lowest BCUT2D eigenvalue weighted by Crippen LogP contribution is -2.43. The quantitative estimate of drug-likeness (QED) is 0.536. The Morgan fingerprint density at radius 2 is 1.94 bits per heavy atom. The van der Waals surface area contributed by atoms with E-state index in [4.69, 9.17) is 17.3 Å². The Kier molecular flexibility index (Phi) is 6.45. The number of aryl methyl sites for hydroxylation is 1. The molecule has 1 saturated carbocycles. The van der Waals surface area contributed by atoms with Crippen molar-refractivity contribution < 1.29 is 8.42 Å². The number of aromatic nitrogens is 2. The minimum Gasteiger partial charge on any atom is -0.339 e. The fraction of sp³-hybridized carbons (Fsp3) is 0.375. The van der Waals surface area contributed by atoms with Crippen molar-refractivity contribution in [3.63, 3.8) is 0 Å². The van der Waals surface area contributed by atoms with Gasteiger partial charge in [-0.05, 0) is 41.7 Å². The predicted octanol–water partition coefficient (Wildman–Crippen LogP) is 4.06. The SMILES string of the molecule is CN(Cc1cccc(C(CN)C2(c3ccc(Cl)cc3)CCC2)c1)S(=O)(=O)c1cn(C)cn1. The topological polar surface area (TPSA) is 81.2 Å². The zero-order chi connectivity index (χ0) is 22.9. The summed E-state index contributed by atoms with van der Waals surface area (Å²) in [6.45, 7) is 0.784. The van der Waals surface area contributed by atoms with Crippen LogP contribution < -0.4 is 5.73 Å². The molecule has 32 heavy (non-hydrogen) atoms. The van der Waals surface area contributed by atoms with Crippen LogP contribution in [0.1, 0.15) is 41.9 Å². The summed E-state index contributed by atoms with van der Waals surface area (Å²) in [5.41, 5.74) is 9.65. The van der Waals surface area contributed by atoms with Crippen molar-refractivity contribution in [1.29, 1.82) is 0 Å². The number of sulfonamides is 1. The third kappa shape index (κ3) is 4.22. The Hall–Kier alpha value is -2.19. The second kappa shape index (κ2) is 8.98. The summed E-state index contributed by atoms with van der Waals surface area (Å²) in [7, 11) is -0.329. The van der Waals surface area contributed by atoms with Gasteiger partial charge in [0, 0.05) is 49.7 Å². The fourth-order valence-electron chi connectivity index (χ4n) is 4.79. The molecule has 1 aliphatic rings. The largest absolute Gasteiger partial charge is 0.339 e. The molecule has 0 spiro atoms. The number of imidazole rings is 1. The van der Waals surface area contributed by atoms with Crippen molar-refractivity contribution in [1.82, 2.24) is 13.9 Å². The molecular weight excluding hydrogens is 444 g/mol. The first kappa shape index (κ1) is 23.0. The Morgan fingerprint density at radius 3 is 2.50 bits per heavy atom. The highest BCUT2D eigenvalue weighted by Gasteiger charge is 2.45. The Bertz CT molecular complexity index is 1190. The molecule has 0 radical (unpaired) electrons. The van der Waals surface area contributed by atoms with Crippen LogP contribution in [-0.4, -0.2) is 35.9 Å². The van der Waals surface area contributed by atoms with Crippen LogP contribution in [-0.2, 0) is 29.0 Å². The summed E-state index contributed by atoms with van der Waals surface area (Å²) in [4.78, 5) is 4.01. The first-order valence-electron chi connectivity index (χ1n) is 10.8. The maximum atomic E-state index is 12.9. The van der Waals surface area contributed by atoms with Crippen LogP contribution in [0.2, 0.25) is 5.02 Å². The molecule has 1 heterocycles. The lowest BCUT2D eigenvalue weighted by atomic mass is 9.56. The normalized spacial score (nSPS) is 16.7. The second-order valence-electron chi connectivity index (χ2n) is 8.69. The molecule has 1 fully saturated rings. The van der Waals surface area contributed by atoms with Gasteiger partial charge in [-0.3, -0.25) is 0 Å². The van der Waals surface area contributed by atoms with E-state index in [-0.39, 0.29) is 22.9 Å². The van der Waals surface area contributed by atoms with Gasteiger partial charge in [0.1, 0.15) is 0 Å². The van der Waals surface area contributed by atoms with E-state index in [0.717, 1.165) is 29.0 Å². The summed E-state index contributed by atoms with van der Waals surface area (Å²) in [6, 6.07) is 16.3. The summed E-state index contributed by atoms with van der Waals surface area (Å²) < 4.78 is 28.7. The van der Waals surface area contributed by atoms with Crippen molar-refractivity contribution in [2.75, 3.05) is 13.6 Å². The summed E-state index contributed by atoms with van der Waals surface area (Å²) in [6.07, 6.45) is 6.33. The first-order valence-corrected chi connectivity index (χ1v) is 12.6. The molecule has 0 saturated heterocycles. The molecule has 3 aromatic rings. The lowest BCUT2D eigenvalue weighted by Gasteiger charge is -2.48. The van der Waals surface area contributed by atoms with Crippen LogP contribution in [0.25, 0.3) is 0 Å². The van der Waals surface area contributed by atoms with Crippen LogP contribution in [0.5, 0.6) is 0 Å². The average molecular weight is 473 g/mol. The minimum atomic E-state index is -3.66. The highest BCUT2D eigenvalue weighted by atomic mass is 35.5. The Balaban J connectivity index is 1.60. The number of nitrogens with two attached hydrogens (primary N) is 1. The van der Waals surface area contributed by atoms with E-state index in [1.165, 1.54) is 28.8 Å². The molecule has 8 heteroatoms. The molecule has 2 aromatic carbocycles. The van der Waals surface area contributed by atoms with Gasteiger partial charge in [-0.25, -0.2) is 13.4 Å². The second-order valence-corrected chi connectivity index (χ2v) is 11.1. The van der Waals surface area contributed by atoms with Gasteiger partial charge in [0.25, 0.3) is 10.0 Å². The number of hydrogen-bond acceptors (Lipinski definition) is 4. The van der Waals surface area contributed by atoms with E-state index in [1.54, 1.807) is 18.7 Å². The third-order valence-corrected chi connectivity index (χ3v) is 8.62. The van der Waals surface area contributed by atoms with Crippen LogP contribution in [0.15, 0.2) is 66.1 Å². The molecule has 6 nitrogen and oxygen atoms in total. The van der Waals surface area contributed by atoms with Gasteiger partial charge in [-0.15, -0.1) is 0 Å². The Labute approximate surface area is 195 Å². The van der Waals surface area contributed by atoms with Crippen LogP contribution >= 0.6 is 11.6 Å². The van der Waals surface area contributed by atoms with Crippen LogP contribution in [0.4, 0.5) is 0 Å². The van der Waals surface area contributed by atoms with E-state index in [2.05, 4.69) is 29.2 Å². The molecule has 0 amide bonds. The highest BCUT2D eigenvalue weighted by Crippen LogP contribution is 2.53. The molecule has 1 aliphatic carbocycles. The van der Waals surface area contributed by atoms with Gasteiger partial charge in [0.2, 0.25) is 0 Å². The van der Waals surface area contributed by atoms with E-state index < -0.39 is 10.0 Å². The number of rotatable bonds is 8. The van der Waals surface area contributed by atoms with Crippen molar-refractivity contribution in [2.24, 2.45) is 12.8 Å². The lowest BCUT2D eigenvalue weighted by molar-refractivity contribution is 0.196. The van der Waals surface area contributed by atoms with E-state index in [1.807, 2.05) is 24.3 Å². The van der Waals surface area contributed by atoms with Crippen molar-refractivity contribution >= 4 is 21.6 Å². The Morgan fingerprint density at radius 1 is 1.22 bits per heavy atom. The van der Waals surface area contributed by atoms with E-state index >= 15 is 0 Å². The molecule has 4 rings (SSSR count). The molecule has 2 N–H and O–H groups in total. The first-order chi connectivity index (χ1) is 15.3. The molecule has 170 valence electrons. The van der Waals surface area contributed by atoms with Crippen molar-refractivity contribution in [3.8, 4) is 0 Å². The van der Waals surface area contributed by atoms with Crippen LogP contribution in [0, 0.1) is 0 Å². The number of nitrogens with zero attached hydrogens (tertiary/aromatic N) is 3. The van der Waals surface area contributed by atoms with E-state index in [9.17, 15) is 8.42 Å². The standard InChI is InChI=1S/C24H29ClN4O2S/c1-28-16-23(27-17-28)32(30,31)29(2)15-18-5-3-6-19(13-18)22(14-26)24(11-4-12-24)20-7-9-21(25)10-8-20/h3,5-10,13,16-17,22H,4,11-12,14-15,26H2,1-2H3. The smallest absolute Gasteiger partial charge is 0.262 e. The number of benzene rings is 2. The molecule has 0 bridgehead atoms. The number of halogens is 1. The molecule has 1 aromatic heterocycles. The maximum absolute atomic E-state index is 12.9. The predicted molar refractivity (Wildman–Crippen MR) is 127 cm³/mol. The third-order valence-electron chi connectivity index (χ3n) is 6.68. The van der Waals surface area contributed by atoms with Gasteiger partial charge < -0.3 is 10.3 Å². The minimum absolute atomic E-state index is 0.0100.